The summed E-state index contributed by atoms with van der Waals surface area (Å²) in [6.45, 7) is 0. The number of nitrogens with zero attached hydrogens (tertiary/aromatic N) is 2. The first-order valence-electron chi connectivity index (χ1n) is 11.1. The van der Waals surface area contributed by atoms with Crippen molar-refractivity contribution in [3.63, 3.8) is 0 Å². The smallest absolute Gasteiger partial charge is 0.255 e. The molecule has 0 atom stereocenters. The van der Waals surface area contributed by atoms with Crippen LogP contribution in [0.5, 0.6) is 11.5 Å². The molecule has 0 spiro atoms. The van der Waals surface area contributed by atoms with E-state index in [4.69, 9.17) is 19.4 Å². The summed E-state index contributed by atoms with van der Waals surface area (Å²) in [7, 11) is 3.12. The zero-order valence-corrected chi connectivity index (χ0v) is 19.4. The van der Waals surface area contributed by atoms with E-state index in [1.807, 2.05) is 66.7 Å². The molecule has 5 aromatic rings. The molecular formula is C29H23N3O3. The Hall–Kier alpha value is -4.71. The fourth-order valence-electron chi connectivity index (χ4n) is 3.91. The molecule has 0 unspecified atom stereocenters. The zero-order chi connectivity index (χ0) is 24.2. The van der Waals surface area contributed by atoms with Gasteiger partial charge >= 0.3 is 0 Å². The number of fused-ring (bicyclic) bond motifs is 1. The van der Waals surface area contributed by atoms with Crippen LogP contribution in [0.15, 0.2) is 97.1 Å². The van der Waals surface area contributed by atoms with Crippen molar-refractivity contribution in [3.05, 3.63) is 103 Å². The van der Waals surface area contributed by atoms with Crippen LogP contribution in [0, 0.1) is 0 Å². The minimum absolute atomic E-state index is 0.255. The van der Waals surface area contributed by atoms with Crippen molar-refractivity contribution in [3.8, 4) is 34.0 Å². The Morgan fingerprint density at radius 1 is 0.657 bits per heavy atom. The first-order valence-corrected chi connectivity index (χ1v) is 11.1. The summed E-state index contributed by atoms with van der Waals surface area (Å²) in [5.41, 5.74) is 5.94. The predicted octanol–water partition coefficient (Wildman–Crippen LogP) is 6.23. The quantitative estimate of drug-likeness (QED) is 0.324. The molecule has 35 heavy (non-hydrogen) atoms. The third-order valence-electron chi connectivity index (χ3n) is 5.66. The number of hydrogen-bond donors (Lipinski definition) is 1. The van der Waals surface area contributed by atoms with Crippen molar-refractivity contribution in [1.82, 2.24) is 9.97 Å². The molecule has 0 saturated carbocycles. The summed E-state index contributed by atoms with van der Waals surface area (Å²) in [5, 5.41) is 2.91. The molecule has 0 radical (unpaired) electrons. The lowest BCUT2D eigenvalue weighted by Gasteiger charge is -2.12. The van der Waals surface area contributed by atoms with E-state index in [0.29, 0.717) is 33.8 Å². The number of aromatic nitrogens is 2. The van der Waals surface area contributed by atoms with E-state index >= 15 is 0 Å². The summed E-state index contributed by atoms with van der Waals surface area (Å²) in [6.07, 6.45) is 0. The van der Waals surface area contributed by atoms with Crippen LogP contribution in [0.2, 0.25) is 0 Å². The molecule has 0 fully saturated rings. The number of benzene rings is 4. The number of methoxy groups -OCH3 is 2. The van der Waals surface area contributed by atoms with Crippen molar-refractivity contribution in [1.29, 1.82) is 0 Å². The van der Waals surface area contributed by atoms with Crippen LogP contribution in [-0.2, 0) is 0 Å². The van der Waals surface area contributed by atoms with E-state index in [9.17, 15) is 4.79 Å². The van der Waals surface area contributed by atoms with Gasteiger partial charge in [0.25, 0.3) is 5.91 Å². The van der Waals surface area contributed by atoms with Gasteiger partial charge in [-0.25, -0.2) is 9.97 Å². The highest BCUT2D eigenvalue weighted by Crippen LogP contribution is 2.32. The van der Waals surface area contributed by atoms with Crippen molar-refractivity contribution in [2.24, 2.45) is 0 Å². The maximum Gasteiger partial charge on any atom is 0.255 e. The largest absolute Gasteiger partial charge is 0.493 e. The highest BCUT2D eigenvalue weighted by atomic mass is 16.5. The van der Waals surface area contributed by atoms with Gasteiger partial charge < -0.3 is 14.8 Å². The summed E-state index contributed by atoms with van der Waals surface area (Å²) >= 11 is 0. The highest BCUT2D eigenvalue weighted by Gasteiger charge is 2.15. The second-order valence-electron chi connectivity index (χ2n) is 7.88. The Labute approximate surface area is 203 Å². The molecule has 4 aromatic carbocycles. The second kappa shape index (κ2) is 9.65. The molecular weight excluding hydrogens is 438 g/mol. The van der Waals surface area contributed by atoms with Gasteiger partial charge in [-0.2, -0.15) is 0 Å². The van der Waals surface area contributed by atoms with Crippen LogP contribution < -0.4 is 14.8 Å². The van der Waals surface area contributed by atoms with Gasteiger partial charge in [0.2, 0.25) is 0 Å². The number of nitrogens with one attached hydrogen (secondary N) is 1. The molecule has 172 valence electrons. The molecule has 1 N–H and O–H groups in total. The minimum Gasteiger partial charge on any atom is -0.493 e. The number of ether oxygens (including phenoxy) is 2. The van der Waals surface area contributed by atoms with Crippen molar-refractivity contribution in [2.75, 3.05) is 19.5 Å². The third-order valence-corrected chi connectivity index (χ3v) is 5.66. The molecule has 0 bridgehead atoms. The molecule has 6 heteroatoms. The van der Waals surface area contributed by atoms with E-state index in [0.717, 1.165) is 22.5 Å². The maximum absolute atomic E-state index is 13.0. The van der Waals surface area contributed by atoms with Crippen molar-refractivity contribution in [2.45, 2.75) is 0 Å². The summed E-state index contributed by atoms with van der Waals surface area (Å²) < 4.78 is 10.6. The Morgan fingerprint density at radius 2 is 1.26 bits per heavy atom. The monoisotopic (exact) mass is 461 g/mol. The third kappa shape index (κ3) is 4.54. The number of carbonyl (C=O) groups is 1. The first kappa shape index (κ1) is 22.1. The van der Waals surface area contributed by atoms with Crippen molar-refractivity contribution < 1.29 is 14.3 Å². The van der Waals surface area contributed by atoms with Crippen LogP contribution in [0.25, 0.3) is 33.5 Å². The number of hydrogen-bond acceptors (Lipinski definition) is 5. The van der Waals surface area contributed by atoms with Crippen LogP contribution in [-0.4, -0.2) is 30.1 Å². The minimum atomic E-state index is -0.255. The average molecular weight is 462 g/mol. The van der Waals surface area contributed by atoms with Crippen LogP contribution in [0.3, 0.4) is 0 Å². The van der Waals surface area contributed by atoms with Gasteiger partial charge in [-0.05, 0) is 30.3 Å². The fraction of sp³-hybridized carbons (Fsp3) is 0.0690. The van der Waals surface area contributed by atoms with Gasteiger partial charge in [-0.1, -0.05) is 60.7 Å². The molecule has 0 saturated heterocycles. The molecule has 6 nitrogen and oxygen atoms in total. The lowest BCUT2D eigenvalue weighted by Crippen LogP contribution is -2.12. The SMILES string of the molecule is COc1ccc(NC(=O)c2ccc3nc(-c4ccccc4)c(-c4ccccc4)nc3c2)cc1OC. The lowest BCUT2D eigenvalue weighted by atomic mass is 10.0. The van der Waals surface area contributed by atoms with E-state index in [1.54, 1.807) is 44.6 Å². The fourth-order valence-corrected chi connectivity index (χ4v) is 3.91. The Kier molecular flexibility index (Phi) is 6.09. The molecule has 1 amide bonds. The Bertz CT molecular complexity index is 1500. The van der Waals surface area contributed by atoms with E-state index in [1.165, 1.54) is 0 Å². The highest BCUT2D eigenvalue weighted by molar-refractivity contribution is 6.06. The lowest BCUT2D eigenvalue weighted by molar-refractivity contribution is 0.102. The molecule has 0 aliphatic carbocycles. The molecule has 5 rings (SSSR count). The van der Waals surface area contributed by atoms with E-state index in [2.05, 4.69) is 5.32 Å². The standard InChI is InChI=1S/C29H23N3O3/c1-34-25-16-14-22(18-26(25)35-2)30-29(33)21-13-15-23-24(17-21)32-28(20-11-7-4-8-12-20)27(31-23)19-9-5-3-6-10-19/h3-18H,1-2H3,(H,30,33). The first-order chi connectivity index (χ1) is 17.2. The van der Waals surface area contributed by atoms with E-state index < -0.39 is 0 Å². The topological polar surface area (TPSA) is 73.3 Å². The van der Waals surface area contributed by atoms with Gasteiger partial charge in [0, 0.05) is 28.4 Å². The molecule has 0 aliphatic rings. The van der Waals surface area contributed by atoms with Crippen LogP contribution in [0.4, 0.5) is 5.69 Å². The summed E-state index contributed by atoms with van der Waals surface area (Å²) in [6, 6.07) is 30.5. The molecule has 1 aromatic heterocycles. The maximum atomic E-state index is 13.0. The number of anilines is 1. The van der Waals surface area contributed by atoms with Gasteiger partial charge in [-0.15, -0.1) is 0 Å². The number of amides is 1. The Balaban J connectivity index is 1.54. The van der Waals surface area contributed by atoms with Gasteiger partial charge in [0.05, 0.1) is 36.6 Å². The molecule has 0 aliphatic heterocycles. The average Bonchev–Trinajstić information content (AvgIpc) is 2.92. The number of rotatable bonds is 6. The molecule has 1 heterocycles. The van der Waals surface area contributed by atoms with Gasteiger partial charge in [-0.3, -0.25) is 4.79 Å². The van der Waals surface area contributed by atoms with Gasteiger partial charge in [0.1, 0.15) is 0 Å². The van der Waals surface area contributed by atoms with E-state index in [-0.39, 0.29) is 5.91 Å². The second-order valence-corrected chi connectivity index (χ2v) is 7.88. The number of carbonyl (C=O) groups excluding carboxylic acids is 1. The summed E-state index contributed by atoms with van der Waals surface area (Å²) in [4.78, 5) is 22.9. The van der Waals surface area contributed by atoms with Crippen molar-refractivity contribution >= 4 is 22.6 Å². The normalized spacial score (nSPS) is 10.7. The van der Waals surface area contributed by atoms with Crippen LogP contribution in [0.1, 0.15) is 10.4 Å². The summed E-state index contributed by atoms with van der Waals surface area (Å²) in [5.74, 6) is 0.874. The van der Waals surface area contributed by atoms with Crippen LogP contribution >= 0.6 is 0 Å². The Morgan fingerprint density at radius 3 is 1.86 bits per heavy atom. The van der Waals surface area contributed by atoms with Gasteiger partial charge in [0.15, 0.2) is 11.5 Å². The zero-order valence-electron chi connectivity index (χ0n) is 19.4. The predicted molar refractivity (Wildman–Crippen MR) is 138 cm³/mol.